The largest absolute Gasteiger partial charge is 0.442 e. The zero-order chi connectivity index (χ0) is 19.8. The fourth-order valence-corrected chi connectivity index (χ4v) is 3.82. The summed E-state index contributed by atoms with van der Waals surface area (Å²) in [5.74, 6) is -0.735. The van der Waals surface area contributed by atoms with Crippen molar-refractivity contribution in [1.82, 2.24) is 10.0 Å². The number of anilines is 2. The second-order valence-corrected chi connectivity index (χ2v) is 8.46. The molecular formula is C16H21FN4O5S. The molecule has 0 spiro atoms. The average Bonchev–Trinajstić information content (AvgIpc) is 2.89. The summed E-state index contributed by atoms with van der Waals surface area (Å²) >= 11 is 0. The molecule has 27 heavy (non-hydrogen) atoms. The van der Waals surface area contributed by atoms with Gasteiger partial charge in [-0.1, -0.05) is 0 Å². The van der Waals surface area contributed by atoms with Crippen molar-refractivity contribution in [1.29, 1.82) is 0 Å². The number of hydrogen-bond donors (Lipinski definition) is 2. The van der Waals surface area contributed by atoms with Crippen molar-refractivity contribution in [3.63, 3.8) is 0 Å². The number of halogens is 1. The highest BCUT2D eigenvalue weighted by Crippen LogP contribution is 2.30. The third kappa shape index (κ3) is 4.66. The van der Waals surface area contributed by atoms with Crippen molar-refractivity contribution in [2.45, 2.75) is 19.1 Å². The molecule has 1 atom stereocenters. The van der Waals surface area contributed by atoms with Gasteiger partial charge in [0.05, 0.1) is 36.8 Å². The molecular weight excluding hydrogens is 379 g/mol. The van der Waals surface area contributed by atoms with E-state index in [-0.39, 0.29) is 25.0 Å². The summed E-state index contributed by atoms with van der Waals surface area (Å²) in [5, 5.41) is 2.58. The van der Waals surface area contributed by atoms with E-state index >= 15 is 0 Å². The maximum Gasteiger partial charge on any atom is 0.414 e. The molecule has 0 aromatic heterocycles. The number of cyclic esters (lactones) is 1. The molecule has 0 radical (unpaired) electrons. The van der Waals surface area contributed by atoms with Gasteiger partial charge < -0.3 is 15.0 Å². The molecule has 2 amide bonds. The Labute approximate surface area is 156 Å². The summed E-state index contributed by atoms with van der Waals surface area (Å²) in [7, 11) is -3.29. The van der Waals surface area contributed by atoms with Crippen LogP contribution in [0.3, 0.4) is 0 Å². The van der Waals surface area contributed by atoms with Gasteiger partial charge >= 0.3 is 6.09 Å². The van der Waals surface area contributed by atoms with E-state index in [0.717, 1.165) is 6.26 Å². The second-order valence-electron chi connectivity index (χ2n) is 6.68. The van der Waals surface area contributed by atoms with Crippen molar-refractivity contribution >= 4 is 33.4 Å². The van der Waals surface area contributed by atoms with Crippen LogP contribution in [0.15, 0.2) is 18.2 Å². The second kappa shape index (κ2) is 7.31. The van der Waals surface area contributed by atoms with Gasteiger partial charge in [-0.25, -0.2) is 22.3 Å². The Kier molecular flexibility index (Phi) is 5.24. The lowest BCUT2D eigenvalue weighted by Gasteiger charge is -2.41. The molecule has 1 aromatic rings. The van der Waals surface area contributed by atoms with E-state index < -0.39 is 28.0 Å². The SMILES string of the molecule is CC(=O)NCC1CN(c2ccc(N3CC(NS(C)(=O)=O)C3)c(F)c2)C(=O)O1. The highest BCUT2D eigenvalue weighted by molar-refractivity contribution is 7.88. The normalized spacial score (nSPS) is 20.4. The Morgan fingerprint density at radius 1 is 1.33 bits per heavy atom. The van der Waals surface area contributed by atoms with E-state index in [0.29, 0.717) is 24.5 Å². The van der Waals surface area contributed by atoms with E-state index in [9.17, 15) is 22.4 Å². The lowest BCUT2D eigenvalue weighted by molar-refractivity contribution is -0.119. The minimum atomic E-state index is -3.29. The predicted octanol–water partition coefficient (Wildman–Crippen LogP) is 0.0248. The average molecular weight is 400 g/mol. The first-order chi connectivity index (χ1) is 12.6. The van der Waals surface area contributed by atoms with Crippen LogP contribution in [0.1, 0.15) is 6.92 Å². The maximum atomic E-state index is 14.5. The number of nitrogens with one attached hydrogen (secondary N) is 2. The number of hydrogen-bond acceptors (Lipinski definition) is 6. The Bertz CT molecular complexity index is 856. The summed E-state index contributed by atoms with van der Waals surface area (Å²) in [6.45, 7) is 2.51. The molecule has 1 unspecified atom stereocenters. The Hall–Kier alpha value is -2.40. The molecule has 2 aliphatic rings. The topological polar surface area (TPSA) is 108 Å². The molecule has 0 aliphatic carbocycles. The third-order valence-corrected chi connectivity index (χ3v) is 5.06. The van der Waals surface area contributed by atoms with E-state index in [4.69, 9.17) is 4.74 Å². The highest BCUT2D eigenvalue weighted by atomic mass is 32.2. The van der Waals surface area contributed by atoms with Crippen LogP contribution in [0.2, 0.25) is 0 Å². The first kappa shape index (κ1) is 19.4. The lowest BCUT2D eigenvalue weighted by Crippen LogP contribution is -2.59. The highest BCUT2D eigenvalue weighted by Gasteiger charge is 2.34. The number of rotatable bonds is 6. The minimum Gasteiger partial charge on any atom is -0.442 e. The molecule has 148 valence electrons. The van der Waals surface area contributed by atoms with Gasteiger partial charge in [-0.2, -0.15) is 0 Å². The Morgan fingerprint density at radius 2 is 2.04 bits per heavy atom. The number of carbonyl (C=O) groups excluding carboxylic acids is 2. The summed E-state index contributed by atoms with van der Waals surface area (Å²) < 4.78 is 44.5. The lowest BCUT2D eigenvalue weighted by atomic mass is 10.1. The van der Waals surface area contributed by atoms with Crippen molar-refractivity contribution < 1.29 is 27.1 Å². The molecule has 3 rings (SSSR count). The number of sulfonamides is 1. The van der Waals surface area contributed by atoms with E-state index in [1.807, 2.05) is 0 Å². The first-order valence-electron chi connectivity index (χ1n) is 8.37. The van der Waals surface area contributed by atoms with Gasteiger partial charge in [-0.15, -0.1) is 0 Å². The van der Waals surface area contributed by atoms with Crippen LogP contribution < -0.4 is 19.8 Å². The van der Waals surface area contributed by atoms with Crippen LogP contribution in [0, 0.1) is 5.82 Å². The summed E-state index contributed by atoms with van der Waals surface area (Å²) in [5.41, 5.74) is 0.700. The number of nitrogens with zero attached hydrogens (tertiary/aromatic N) is 2. The zero-order valence-corrected chi connectivity index (χ0v) is 15.8. The van der Waals surface area contributed by atoms with Crippen molar-refractivity contribution in [2.75, 3.05) is 42.2 Å². The molecule has 2 aliphatic heterocycles. The van der Waals surface area contributed by atoms with Crippen molar-refractivity contribution in [2.24, 2.45) is 0 Å². The summed E-state index contributed by atoms with van der Waals surface area (Å²) in [6, 6.07) is 4.16. The van der Waals surface area contributed by atoms with Gasteiger partial charge in [0.25, 0.3) is 0 Å². The zero-order valence-electron chi connectivity index (χ0n) is 14.9. The van der Waals surface area contributed by atoms with Gasteiger partial charge in [-0.05, 0) is 18.2 Å². The first-order valence-corrected chi connectivity index (χ1v) is 10.3. The van der Waals surface area contributed by atoms with Crippen LogP contribution in [-0.2, 0) is 19.6 Å². The van der Waals surface area contributed by atoms with Gasteiger partial charge in [0.15, 0.2) is 0 Å². The Balaban J connectivity index is 1.62. The van der Waals surface area contributed by atoms with Gasteiger partial charge in [-0.3, -0.25) is 9.69 Å². The molecule has 1 aromatic carbocycles. The van der Waals surface area contributed by atoms with Crippen LogP contribution in [-0.4, -0.2) is 65.0 Å². The monoisotopic (exact) mass is 400 g/mol. The van der Waals surface area contributed by atoms with Crippen LogP contribution >= 0.6 is 0 Å². The van der Waals surface area contributed by atoms with Gasteiger partial charge in [0.2, 0.25) is 15.9 Å². The van der Waals surface area contributed by atoms with E-state index in [2.05, 4.69) is 10.0 Å². The van der Waals surface area contributed by atoms with Crippen LogP contribution in [0.25, 0.3) is 0 Å². The molecule has 11 heteroatoms. The molecule has 0 bridgehead atoms. The maximum absolute atomic E-state index is 14.5. The van der Waals surface area contributed by atoms with E-state index in [1.165, 1.54) is 17.9 Å². The fraction of sp³-hybridized carbons (Fsp3) is 0.500. The molecule has 2 saturated heterocycles. The fourth-order valence-electron chi connectivity index (χ4n) is 3.07. The van der Waals surface area contributed by atoms with Crippen molar-refractivity contribution in [3.05, 3.63) is 24.0 Å². The number of amides is 2. The smallest absolute Gasteiger partial charge is 0.414 e. The summed E-state index contributed by atoms with van der Waals surface area (Å²) in [6.07, 6.45) is -0.0134. The summed E-state index contributed by atoms with van der Waals surface area (Å²) in [4.78, 5) is 26.0. The molecule has 2 fully saturated rings. The van der Waals surface area contributed by atoms with E-state index in [1.54, 1.807) is 17.0 Å². The quantitative estimate of drug-likeness (QED) is 0.697. The third-order valence-electron chi connectivity index (χ3n) is 4.30. The van der Waals surface area contributed by atoms with Crippen molar-refractivity contribution in [3.8, 4) is 0 Å². The number of ether oxygens (including phenoxy) is 1. The minimum absolute atomic E-state index is 0.195. The standard InChI is InChI=1S/C16H21FN4O5S/c1-10(22)18-6-13-9-21(16(23)26-13)12-3-4-15(14(17)5-12)20-7-11(8-20)19-27(2,24)25/h3-5,11,13,19H,6-9H2,1-2H3,(H,18,22). The predicted molar refractivity (Wildman–Crippen MR) is 96.7 cm³/mol. The number of carbonyl (C=O) groups is 2. The molecule has 2 N–H and O–H groups in total. The number of benzene rings is 1. The molecule has 9 nitrogen and oxygen atoms in total. The van der Waals surface area contributed by atoms with Crippen LogP contribution in [0.5, 0.6) is 0 Å². The van der Waals surface area contributed by atoms with Crippen LogP contribution in [0.4, 0.5) is 20.6 Å². The molecule has 0 saturated carbocycles. The molecule has 2 heterocycles. The van der Waals surface area contributed by atoms with Gasteiger partial charge in [0.1, 0.15) is 11.9 Å². The van der Waals surface area contributed by atoms with Gasteiger partial charge in [0, 0.05) is 20.0 Å². The Morgan fingerprint density at radius 3 is 2.63 bits per heavy atom.